The van der Waals surface area contributed by atoms with E-state index in [1.165, 1.54) is 6.92 Å². The van der Waals surface area contributed by atoms with Gasteiger partial charge in [0.15, 0.2) is 0 Å². The molecule has 0 fully saturated rings. The van der Waals surface area contributed by atoms with E-state index in [-0.39, 0.29) is 11.8 Å². The average Bonchev–Trinajstić information content (AvgIpc) is 1.99. The molecular weight excluding hydrogens is 222 g/mol. The van der Waals surface area contributed by atoms with E-state index >= 15 is 0 Å². The van der Waals surface area contributed by atoms with Gasteiger partial charge in [-0.15, -0.1) is 0 Å². The molecule has 12 heavy (non-hydrogen) atoms. The molecule has 2 amide bonds. The van der Waals surface area contributed by atoms with Crippen LogP contribution in [0.3, 0.4) is 0 Å². The third-order valence-corrected chi connectivity index (χ3v) is 2.55. The van der Waals surface area contributed by atoms with Gasteiger partial charge in [0.2, 0.25) is 11.8 Å². The molecule has 1 atom stereocenters. The Bertz CT molecular complexity index is 170. The number of imide groups is 1. The smallest absolute Gasteiger partial charge is 0.226 e. The van der Waals surface area contributed by atoms with Crippen LogP contribution in [0.25, 0.3) is 0 Å². The van der Waals surface area contributed by atoms with Crippen LogP contribution in [0.15, 0.2) is 0 Å². The highest BCUT2D eigenvalue weighted by Gasteiger charge is 2.06. The van der Waals surface area contributed by atoms with Crippen LogP contribution >= 0.6 is 15.9 Å². The van der Waals surface area contributed by atoms with Crippen molar-refractivity contribution in [3.8, 4) is 0 Å². The Labute approximate surface area is 81.0 Å². The molecule has 0 spiro atoms. The van der Waals surface area contributed by atoms with Gasteiger partial charge >= 0.3 is 0 Å². The number of halogens is 1. The largest absolute Gasteiger partial charge is 0.297 e. The average molecular weight is 236 g/mol. The van der Waals surface area contributed by atoms with Gasteiger partial charge in [0.25, 0.3) is 0 Å². The fourth-order valence-corrected chi connectivity index (χ4v) is 0.980. The number of nitrogens with one attached hydrogen (secondary N) is 1. The highest BCUT2D eigenvalue weighted by atomic mass is 79.9. The van der Waals surface area contributed by atoms with Crippen LogP contribution < -0.4 is 5.32 Å². The van der Waals surface area contributed by atoms with Crippen LogP contribution in [0, 0.1) is 0 Å². The second-order valence-corrected chi connectivity index (χ2v) is 3.94. The second-order valence-electron chi connectivity index (χ2n) is 2.65. The van der Waals surface area contributed by atoms with Crippen LogP contribution in [-0.2, 0) is 9.59 Å². The number of amides is 2. The zero-order chi connectivity index (χ0) is 9.56. The Morgan fingerprint density at radius 3 is 2.50 bits per heavy atom. The number of hydrogen-bond acceptors (Lipinski definition) is 2. The van der Waals surface area contributed by atoms with Crippen molar-refractivity contribution >= 4 is 27.7 Å². The lowest BCUT2D eigenvalue weighted by Gasteiger charge is -2.04. The molecular formula is C8H14BrNO2. The first-order chi connectivity index (χ1) is 5.56. The van der Waals surface area contributed by atoms with E-state index in [2.05, 4.69) is 21.2 Å². The zero-order valence-electron chi connectivity index (χ0n) is 7.39. The van der Waals surface area contributed by atoms with E-state index in [9.17, 15) is 9.59 Å². The van der Waals surface area contributed by atoms with Crippen molar-refractivity contribution < 1.29 is 9.59 Å². The lowest BCUT2D eigenvalue weighted by atomic mass is 10.2. The molecule has 1 unspecified atom stereocenters. The van der Waals surface area contributed by atoms with E-state index in [0.29, 0.717) is 11.2 Å². The molecule has 70 valence electrons. The summed E-state index contributed by atoms with van der Waals surface area (Å²) >= 11 is 3.41. The number of carbonyl (C=O) groups excluding carboxylic acids is 2. The second kappa shape index (κ2) is 6.17. The van der Waals surface area contributed by atoms with Crippen molar-refractivity contribution in [2.45, 2.75) is 37.9 Å². The topological polar surface area (TPSA) is 46.2 Å². The van der Waals surface area contributed by atoms with E-state index in [4.69, 9.17) is 0 Å². The van der Waals surface area contributed by atoms with Gasteiger partial charge in [-0.05, 0) is 12.8 Å². The predicted molar refractivity (Wildman–Crippen MR) is 51.1 cm³/mol. The summed E-state index contributed by atoms with van der Waals surface area (Å²) in [7, 11) is 0. The summed E-state index contributed by atoms with van der Waals surface area (Å²) in [6.45, 7) is 3.38. The van der Waals surface area contributed by atoms with Crippen LogP contribution in [0.5, 0.6) is 0 Å². The van der Waals surface area contributed by atoms with E-state index in [1.54, 1.807) is 0 Å². The van der Waals surface area contributed by atoms with Gasteiger partial charge in [-0.25, -0.2) is 0 Å². The lowest BCUT2D eigenvalue weighted by molar-refractivity contribution is -0.129. The maximum Gasteiger partial charge on any atom is 0.226 e. The van der Waals surface area contributed by atoms with Crippen molar-refractivity contribution in [2.24, 2.45) is 0 Å². The van der Waals surface area contributed by atoms with Crippen LogP contribution in [0.4, 0.5) is 0 Å². The molecule has 0 aromatic carbocycles. The van der Waals surface area contributed by atoms with Crippen molar-refractivity contribution in [1.29, 1.82) is 0 Å². The molecule has 3 nitrogen and oxygen atoms in total. The molecule has 0 heterocycles. The number of carbonyl (C=O) groups is 2. The zero-order valence-corrected chi connectivity index (χ0v) is 8.98. The molecule has 1 N–H and O–H groups in total. The van der Waals surface area contributed by atoms with E-state index in [0.717, 1.165) is 12.8 Å². The Kier molecular flexibility index (Phi) is 5.98. The maximum absolute atomic E-state index is 10.9. The Morgan fingerprint density at radius 2 is 2.08 bits per heavy atom. The standard InChI is InChI=1S/C8H14BrNO2/c1-3-7(9)4-5-8(12)10-6(2)11/h7H,3-5H2,1-2H3,(H,10,11,12). The van der Waals surface area contributed by atoms with Crippen LogP contribution in [0.2, 0.25) is 0 Å². The van der Waals surface area contributed by atoms with Gasteiger partial charge in [0.1, 0.15) is 0 Å². The van der Waals surface area contributed by atoms with Crippen LogP contribution in [-0.4, -0.2) is 16.6 Å². The highest BCUT2D eigenvalue weighted by molar-refractivity contribution is 9.09. The minimum absolute atomic E-state index is 0.194. The molecule has 0 aliphatic heterocycles. The molecule has 0 aromatic rings. The molecule has 0 radical (unpaired) electrons. The Hall–Kier alpha value is -0.380. The molecule has 0 saturated carbocycles. The van der Waals surface area contributed by atoms with Gasteiger partial charge in [-0.3, -0.25) is 14.9 Å². The molecule has 0 aliphatic carbocycles. The summed E-state index contributed by atoms with van der Waals surface area (Å²) < 4.78 is 0. The van der Waals surface area contributed by atoms with Crippen LogP contribution in [0.1, 0.15) is 33.1 Å². The van der Waals surface area contributed by atoms with Crippen molar-refractivity contribution in [1.82, 2.24) is 5.32 Å². The van der Waals surface area contributed by atoms with Gasteiger partial charge in [-0.1, -0.05) is 22.9 Å². The minimum atomic E-state index is -0.289. The SMILES string of the molecule is CCC(Br)CCC(=O)NC(C)=O. The third kappa shape index (κ3) is 6.34. The first kappa shape index (κ1) is 11.6. The Balaban J connectivity index is 3.50. The fraction of sp³-hybridized carbons (Fsp3) is 0.750. The van der Waals surface area contributed by atoms with Gasteiger partial charge < -0.3 is 0 Å². The summed E-state index contributed by atoms with van der Waals surface area (Å²) in [6, 6.07) is 0. The number of alkyl halides is 1. The molecule has 0 aromatic heterocycles. The third-order valence-electron chi connectivity index (χ3n) is 1.44. The number of hydrogen-bond donors (Lipinski definition) is 1. The summed E-state index contributed by atoms with van der Waals surface area (Å²) in [5.74, 6) is -0.483. The fourth-order valence-electron chi connectivity index (χ4n) is 0.751. The summed E-state index contributed by atoms with van der Waals surface area (Å²) in [5.41, 5.74) is 0. The minimum Gasteiger partial charge on any atom is -0.297 e. The lowest BCUT2D eigenvalue weighted by Crippen LogP contribution is -2.28. The van der Waals surface area contributed by atoms with Crippen molar-refractivity contribution in [2.75, 3.05) is 0 Å². The van der Waals surface area contributed by atoms with E-state index in [1.807, 2.05) is 6.92 Å². The maximum atomic E-state index is 10.9. The number of rotatable bonds is 4. The van der Waals surface area contributed by atoms with Gasteiger partial charge in [-0.2, -0.15) is 0 Å². The highest BCUT2D eigenvalue weighted by Crippen LogP contribution is 2.10. The van der Waals surface area contributed by atoms with Gasteiger partial charge in [0.05, 0.1) is 0 Å². The first-order valence-electron chi connectivity index (χ1n) is 4.00. The summed E-state index contributed by atoms with van der Waals surface area (Å²) in [4.78, 5) is 21.7. The monoisotopic (exact) mass is 235 g/mol. The van der Waals surface area contributed by atoms with E-state index < -0.39 is 0 Å². The normalized spacial score (nSPS) is 12.2. The summed E-state index contributed by atoms with van der Waals surface area (Å²) in [5, 5.41) is 2.22. The predicted octanol–water partition coefficient (Wildman–Crippen LogP) is 1.60. The van der Waals surface area contributed by atoms with Crippen molar-refractivity contribution in [3.05, 3.63) is 0 Å². The molecule has 4 heteroatoms. The quantitative estimate of drug-likeness (QED) is 0.753. The molecule has 0 rings (SSSR count). The Morgan fingerprint density at radius 1 is 1.50 bits per heavy atom. The van der Waals surface area contributed by atoms with Crippen molar-refractivity contribution in [3.63, 3.8) is 0 Å². The summed E-state index contributed by atoms with van der Waals surface area (Å²) in [6.07, 6.45) is 2.17. The molecule has 0 bridgehead atoms. The van der Waals surface area contributed by atoms with Gasteiger partial charge in [0, 0.05) is 18.2 Å². The first-order valence-corrected chi connectivity index (χ1v) is 4.92. The molecule has 0 saturated heterocycles. The molecule has 0 aliphatic rings.